The Morgan fingerprint density at radius 1 is 1.22 bits per heavy atom. The molecule has 1 fully saturated rings. The number of amides is 1. The van der Waals surface area contributed by atoms with Crippen molar-refractivity contribution in [3.8, 4) is 5.75 Å². The standard InChI is InChI=1S/C26H28ClFN2O6S/c1-15-18-13-20(27)23(36-26(32)30(2)3)14-22(18)35-25(31)19(15)12-16-8-7-11-21(24(16)28)29-37(33,34)17-9-5-4-6-10-17/h7-8,11,13-14,17,29H,4-6,9-10,12H2,1-3H3. The summed E-state index contributed by atoms with van der Waals surface area (Å²) in [6.45, 7) is 1.68. The van der Waals surface area contributed by atoms with Gasteiger partial charge in [-0.05, 0) is 43.0 Å². The van der Waals surface area contributed by atoms with Gasteiger partial charge in [-0.25, -0.2) is 22.4 Å². The van der Waals surface area contributed by atoms with Crippen molar-refractivity contribution < 1.29 is 26.8 Å². The topological polar surface area (TPSA) is 106 Å². The second kappa shape index (κ2) is 10.7. The minimum atomic E-state index is -3.74. The number of anilines is 1. The molecule has 37 heavy (non-hydrogen) atoms. The number of sulfonamides is 1. The van der Waals surface area contributed by atoms with E-state index in [0.717, 1.165) is 19.3 Å². The van der Waals surface area contributed by atoms with Crippen LogP contribution in [0.15, 0.2) is 39.5 Å². The van der Waals surface area contributed by atoms with Gasteiger partial charge in [0, 0.05) is 37.5 Å². The molecule has 1 aliphatic carbocycles. The van der Waals surface area contributed by atoms with Crippen LogP contribution in [0.4, 0.5) is 14.9 Å². The number of nitrogens with one attached hydrogen (secondary N) is 1. The smallest absolute Gasteiger partial charge is 0.414 e. The van der Waals surface area contributed by atoms with Gasteiger partial charge in [0.25, 0.3) is 0 Å². The summed E-state index contributed by atoms with van der Waals surface area (Å²) in [7, 11) is -0.707. The van der Waals surface area contributed by atoms with E-state index < -0.39 is 32.8 Å². The van der Waals surface area contributed by atoms with E-state index >= 15 is 4.39 Å². The second-order valence-corrected chi connectivity index (χ2v) is 11.8. The molecule has 1 amide bonds. The summed E-state index contributed by atoms with van der Waals surface area (Å²) in [5.41, 5.74) is 0.179. The van der Waals surface area contributed by atoms with Gasteiger partial charge < -0.3 is 14.1 Å². The molecule has 1 heterocycles. The molecule has 4 rings (SSSR count). The van der Waals surface area contributed by atoms with Crippen LogP contribution in [0, 0.1) is 12.7 Å². The van der Waals surface area contributed by atoms with E-state index in [1.165, 1.54) is 49.3 Å². The van der Waals surface area contributed by atoms with Gasteiger partial charge in [-0.3, -0.25) is 4.72 Å². The summed E-state index contributed by atoms with van der Waals surface area (Å²) in [4.78, 5) is 26.0. The molecule has 0 saturated heterocycles. The number of halogens is 2. The number of nitrogens with zero attached hydrogens (tertiary/aromatic N) is 1. The molecule has 1 aliphatic rings. The molecule has 3 aromatic rings. The van der Waals surface area contributed by atoms with Crippen LogP contribution in [0.5, 0.6) is 5.75 Å². The zero-order valence-electron chi connectivity index (χ0n) is 20.8. The third-order valence-electron chi connectivity index (χ3n) is 6.59. The first-order valence-electron chi connectivity index (χ1n) is 11.9. The number of rotatable bonds is 6. The highest BCUT2D eigenvalue weighted by atomic mass is 35.5. The highest BCUT2D eigenvalue weighted by Crippen LogP contribution is 2.33. The Kier molecular flexibility index (Phi) is 7.80. The molecule has 2 aromatic carbocycles. The van der Waals surface area contributed by atoms with E-state index in [2.05, 4.69) is 4.72 Å². The number of ether oxygens (including phenoxy) is 1. The number of hydrogen-bond donors (Lipinski definition) is 1. The van der Waals surface area contributed by atoms with E-state index in [1.54, 1.807) is 6.92 Å². The first-order chi connectivity index (χ1) is 17.5. The number of carbonyl (C=O) groups excluding carboxylic acids is 1. The van der Waals surface area contributed by atoms with Gasteiger partial charge in [0.2, 0.25) is 10.0 Å². The van der Waals surface area contributed by atoms with Gasteiger partial charge in [-0.1, -0.05) is 43.0 Å². The summed E-state index contributed by atoms with van der Waals surface area (Å²) < 4.78 is 54.1. The Labute approximate surface area is 219 Å². The molecule has 0 aliphatic heterocycles. The first kappa shape index (κ1) is 26.9. The van der Waals surface area contributed by atoms with Crippen molar-refractivity contribution in [2.75, 3.05) is 18.8 Å². The lowest BCUT2D eigenvalue weighted by Gasteiger charge is -2.22. The number of hydrogen-bond acceptors (Lipinski definition) is 6. The van der Waals surface area contributed by atoms with Crippen LogP contribution < -0.4 is 15.1 Å². The average Bonchev–Trinajstić information content (AvgIpc) is 2.85. The number of carbonyl (C=O) groups is 1. The molecule has 0 bridgehead atoms. The van der Waals surface area contributed by atoms with E-state index in [0.29, 0.717) is 23.8 Å². The van der Waals surface area contributed by atoms with Gasteiger partial charge >= 0.3 is 11.7 Å². The fourth-order valence-electron chi connectivity index (χ4n) is 4.46. The van der Waals surface area contributed by atoms with Gasteiger partial charge in [0.1, 0.15) is 5.58 Å². The molecule has 0 unspecified atom stereocenters. The average molecular weight is 551 g/mol. The molecule has 0 atom stereocenters. The molecule has 1 saturated carbocycles. The van der Waals surface area contributed by atoms with Crippen molar-refractivity contribution in [3.63, 3.8) is 0 Å². The van der Waals surface area contributed by atoms with Crippen molar-refractivity contribution in [2.24, 2.45) is 0 Å². The maximum absolute atomic E-state index is 15.4. The van der Waals surface area contributed by atoms with Crippen LogP contribution in [-0.2, 0) is 16.4 Å². The normalized spacial score (nSPS) is 14.5. The lowest BCUT2D eigenvalue weighted by atomic mass is 9.99. The molecule has 0 spiro atoms. The molecule has 1 N–H and O–H groups in total. The van der Waals surface area contributed by atoms with Crippen LogP contribution in [-0.4, -0.2) is 38.8 Å². The fraction of sp³-hybridized carbons (Fsp3) is 0.385. The number of aryl methyl sites for hydroxylation is 1. The summed E-state index contributed by atoms with van der Waals surface area (Å²) in [6, 6.07) is 7.27. The number of benzene rings is 2. The van der Waals surface area contributed by atoms with Crippen LogP contribution in [0.25, 0.3) is 11.0 Å². The molecule has 1 aromatic heterocycles. The Bertz CT molecular complexity index is 1510. The maximum Gasteiger partial charge on any atom is 0.414 e. The van der Waals surface area contributed by atoms with Gasteiger partial charge in [-0.2, -0.15) is 0 Å². The lowest BCUT2D eigenvalue weighted by molar-refractivity contribution is 0.172. The van der Waals surface area contributed by atoms with Gasteiger partial charge in [-0.15, -0.1) is 0 Å². The predicted octanol–water partition coefficient (Wildman–Crippen LogP) is 5.62. The molecule has 11 heteroatoms. The molecular formula is C26H28ClFN2O6S. The third kappa shape index (κ3) is 5.75. The molecule has 198 valence electrons. The van der Waals surface area contributed by atoms with Crippen LogP contribution >= 0.6 is 11.6 Å². The quantitative estimate of drug-likeness (QED) is 0.399. The van der Waals surface area contributed by atoms with E-state index in [-0.39, 0.29) is 39.6 Å². The Balaban J connectivity index is 1.65. The van der Waals surface area contributed by atoms with Crippen LogP contribution in [0.2, 0.25) is 5.02 Å². The summed E-state index contributed by atoms with van der Waals surface area (Å²) in [6.07, 6.45) is 2.98. The molecular weight excluding hydrogens is 523 g/mol. The largest absolute Gasteiger partial charge is 0.422 e. The summed E-state index contributed by atoms with van der Waals surface area (Å²) >= 11 is 6.31. The third-order valence-corrected chi connectivity index (χ3v) is 8.74. The minimum absolute atomic E-state index is 0.0344. The zero-order valence-corrected chi connectivity index (χ0v) is 22.3. The molecule has 8 nitrogen and oxygen atoms in total. The van der Waals surface area contributed by atoms with Crippen molar-refractivity contribution >= 4 is 44.4 Å². The Morgan fingerprint density at radius 3 is 2.59 bits per heavy atom. The van der Waals surface area contributed by atoms with E-state index in [1.807, 2.05) is 0 Å². The summed E-state index contributed by atoms with van der Waals surface area (Å²) in [5, 5.41) is 0.0837. The lowest BCUT2D eigenvalue weighted by Crippen LogP contribution is -2.30. The highest BCUT2D eigenvalue weighted by molar-refractivity contribution is 7.93. The van der Waals surface area contributed by atoms with Crippen LogP contribution in [0.3, 0.4) is 0 Å². The van der Waals surface area contributed by atoms with Crippen molar-refractivity contribution in [2.45, 2.75) is 50.7 Å². The fourth-order valence-corrected chi connectivity index (χ4v) is 6.24. The Hall–Kier alpha value is -3.11. The SMILES string of the molecule is Cc1c(Cc2cccc(NS(=O)(=O)C3CCCCC3)c2F)c(=O)oc2cc(OC(=O)N(C)C)c(Cl)cc12. The van der Waals surface area contributed by atoms with Crippen molar-refractivity contribution in [1.82, 2.24) is 4.90 Å². The highest BCUT2D eigenvalue weighted by Gasteiger charge is 2.28. The van der Waals surface area contributed by atoms with Gasteiger partial charge in [0.15, 0.2) is 11.6 Å². The summed E-state index contributed by atoms with van der Waals surface area (Å²) in [5.74, 6) is -0.711. The number of fused-ring (bicyclic) bond motifs is 1. The van der Waals surface area contributed by atoms with Crippen molar-refractivity contribution in [1.29, 1.82) is 0 Å². The first-order valence-corrected chi connectivity index (χ1v) is 13.8. The Morgan fingerprint density at radius 2 is 1.92 bits per heavy atom. The second-order valence-electron chi connectivity index (χ2n) is 9.40. The monoisotopic (exact) mass is 550 g/mol. The molecule has 0 radical (unpaired) electrons. The van der Waals surface area contributed by atoms with E-state index in [4.69, 9.17) is 20.8 Å². The predicted molar refractivity (Wildman–Crippen MR) is 141 cm³/mol. The van der Waals surface area contributed by atoms with E-state index in [9.17, 15) is 18.0 Å². The maximum atomic E-state index is 15.4. The van der Waals surface area contributed by atoms with Crippen LogP contribution in [0.1, 0.15) is 48.8 Å². The zero-order chi connectivity index (χ0) is 26.9. The minimum Gasteiger partial charge on any atom is -0.422 e. The van der Waals surface area contributed by atoms with Gasteiger partial charge in [0.05, 0.1) is 16.0 Å². The van der Waals surface area contributed by atoms with Crippen molar-refractivity contribution in [3.05, 3.63) is 68.3 Å².